The van der Waals surface area contributed by atoms with Crippen LogP contribution in [0.15, 0.2) is 30.9 Å². The minimum atomic E-state index is -0.557. The van der Waals surface area contributed by atoms with Crippen LogP contribution in [-0.4, -0.2) is 23.4 Å². The highest BCUT2D eigenvalue weighted by Gasteiger charge is 2.20. The van der Waals surface area contributed by atoms with Gasteiger partial charge in [-0.1, -0.05) is 6.08 Å². The van der Waals surface area contributed by atoms with Gasteiger partial charge in [0.2, 0.25) is 0 Å². The van der Waals surface area contributed by atoms with Crippen LogP contribution in [0.1, 0.15) is 24.2 Å². The van der Waals surface area contributed by atoms with E-state index in [0.717, 1.165) is 0 Å². The Morgan fingerprint density at radius 1 is 1.59 bits per heavy atom. The van der Waals surface area contributed by atoms with Crippen LogP contribution in [0.2, 0.25) is 0 Å². The van der Waals surface area contributed by atoms with Crippen molar-refractivity contribution in [1.29, 1.82) is 0 Å². The molecule has 1 aromatic rings. The number of hydrogen-bond acceptors (Lipinski definition) is 2. The van der Waals surface area contributed by atoms with Crippen molar-refractivity contribution >= 4 is 11.6 Å². The second-order valence-electron chi connectivity index (χ2n) is 4.08. The molecule has 0 radical (unpaired) electrons. The molecule has 2 N–H and O–H groups in total. The molecule has 0 saturated heterocycles. The van der Waals surface area contributed by atoms with Crippen LogP contribution in [0.5, 0.6) is 0 Å². The highest BCUT2D eigenvalue weighted by molar-refractivity contribution is 5.95. The summed E-state index contributed by atoms with van der Waals surface area (Å²) in [4.78, 5) is 13.7. The van der Waals surface area contributed by atoms with E-state index in [-0.39, 0.29) is 17.5 Å². The SMILES string of the molecule is C=CCN(C(=O)c1cc(N)ccc1F)C(C)C. The first kappa shape index (κ1) is 13.2. The fourth-order valence-electron chi connectivity index (χ4n) is 1.53. The number of anilines is 1. The number of nitrogens with two attached hydrogens (primary N) is 1. The lowest BCUT2D eigenvalue weighted by atomic mass is 10.1. The molecule has 4 heteroatoms. The third kappa shape index (κ3) is 3.06. The molecule has 0 spiro atoms. The van der Waals surface area contributed by atoms with Crippen molar-refractivity contribution in [2.24, 2.45) is 0 Å². The number of carbonyl (C=O) groups is 1. The number of amides is 1. The van der Waals surface area contributed by atoms with Gasteiger partial charge in [-0.2, -0.15) is 0 Å². The average Bonchev–Trinajstić information content (AvgIpc) is 2.28. The largest absolute Gasteiger partial charge is 0.399 e. The normalized spacial score (nSPS) is 10.4. The molecule has 0 aromatic heterocycles. The van der Waals surface area contributed by atoms with Gasteiger partial charge in [-0.15, -0.1) is 6.58 Å². The summed E-state index contributed by atoms with van der Waals surface area (Å²) >= 11 is 0. The second-order valence-corrected chi connectivity index (χ2v) is 4.08. The van der Waals surface area contributed by atoms with E-state index in [2.05, 4.69) is 6.58 Å². The number of carbonyl (C=O) groups excluding carboxylic acids is 1. The quantitative estimate of drug-likeness (QED) is 0.644. The first-order valence-electron chi connectivity index (χ1n) is 5.44. The van der Waals surface area contributed by atoms with Crippen molar-refractivity contribution in [2.45, 2.75) is 19.9 Å². The van der Waals surface area contributed by atoms with Gasteiger partial charge in [0.05, 0.1) is 5.56 Å². The summed E-state index contributed by atoms with van der Waals surface area (Å²) in [7, 11) is 0. The third-order valence-corrected chi connectivity index (χ3v) is 2.43. The van der Waals surface area contributed by atoms with Crippen LogP contribution in [0.4, 0.5) is 10.1 Å². The topological polar surface area (TPSA) is 46.3 Å². The molecule has 3 nitrogen and oxygen atoms in total. The summed E-state index contributed by atoms with van der Waals surface area (Å²) in [5, 5.41) is 0. The molecule has 0 bridgehead atoms. The smallest absolute Gasteiger partial charge is 0.257 e. The second kappa shape index (κ2) is 5.48. The van der Waals surface area contributed by atoms with E-state index in [4.69, 9.17) is 5.73 Å². The lowest BCUT2D eigenvalue weighted by Gasteiger charge is -2.25. The van der Waals surface area contributed by atoms with Crippen LogP contribution in [-0.2, 0) is 0 Å². The minimum Gasteiger partial charge on any atom is -0.399 e. The Labute approximate surface area is 101 Å². The monoisotopic (exact) mass is 236 g/mol. The summed E-state index contributed by atoms with van der Waals surface area (Å²) in [5.41, 5.74) is 5.93. The van der Waals surface area contributed by atoms with Crippen molar-refractivity contribution < 1.29 is 9.18 Å². The zero-order valence-electron chi connectivity index (χ0n) is 10.1. The lowest BCUT2D eigenvalue weighted by Crippen LogP contribution is -2.37. The van der Waals surface area contributed by atoms with Gasteiger partial charge in [0.25, 0.3) is 5.91 Å². The molecular formula is C13H17FN2O. The average molecular weight is 236 g/mol. The maximum atomic E-state index is 13.6. The number of rotatable bonds is 4. The lowest BCUT2D eigenvalue weighted by molar-refractivity contribution is 0.0724. The molecule has 0 saturated carbocycles. The number of nitrogens with zero attached hydrogens (tertiary/aromatic N) is 1. The van der Waals surface area contributed by atoms with E-state index in [1.807, 2.05) is 13.8 Å². The van der Waals surface area contributed by atoms with Gasteiger partial charge < -0.3 is 10.6 Å². The third-order valence-electron chi connectivity index (χ3n) is 2.43. The summed E-state index contributed by atoms with van der Waals surface area (Å²) in [6.07, 6.45) is 1.61. The molecule has 0 aliphatic carbocycles. The van der Waals surface area contributed by atoms with Crippen LogP contribution in [0.3, 0.4) is 0 Å². The van der Waals surface area contributed by atoms with Crippen molar-refractivity contribution in [1.82, 2.24) is 4.90 Å². The molecule has 0 unspecified atom stereocenters. The van der Waals surface area contributed by atoms with Gasteiger partial charge in [0.1, 0.15) is 5.82 Å². The molecule has 0 aliphatic rings. The van der Waals surface area contributed by atoms with Crippen molar-refractivity contribution in [2.75, 3.05) is 12.3 Å². The van der Waals surface area contributed by atoms with Crippen LogP contribution < -0.4 is 5.73 Å². The molecular weight excluding hydrogens is 219 g/mol. The maximum absolute atomic E-state index is 13.6. The Bertz CT molecular complexity index is 429. The van der Waals surface area contributed by atoms with Crippen LogP contribution >= 0.6 is 0 Å². The molecule has 0 atom stereocenters. The maximum Gasteiger partial charge on any atom is 0.257 e. The van der Waals surface area contributed by atoms with Gasteiger partial charge in [-0.25, -0.2) is 4.39 Å². The molecule has 0 fully saturated rings. The van der Waals surface area contributed by atoms with E-state index in [1.54, 1.807) is 6.08 Å². The highest BCUT2D eigenvalue weighted by Crippen LogP contribution is 2.15. The summed E-state index contributed by atoms with van der Waals surface area (Å²) < 4.78 is 13.6. The van der Waals surface area contributed by atoms with Crippen molar-refractivity contribution in [3.8, 4) is 0 Å². The molecule has 1 aromatic carbocycles. The first-order chi connectivity index (χ1) is 7.97. The van der Waals surface area contributed by atoms with Crippen molar-refractivity contribution in [3.63, 3.8) is 0 Å². The van der Waals surface area contributed by atoms with Gasteiger partial charge in [-0.3, -0.25) is 4.79 Å². The predicted octanol–water partition coefficient (Wildman–Crippen LogP) is 2.44. The molecule has 0 aliphatic heterocycles. The van der Waals surface area contributed by atoms with Gasteiger partial charge >= 0.3 is 0 Å². The zero-order valence-corrected chi connectivity index (χ0v) is 10.1. The first-order valence-corrected chi connectivity index (χ1v) is 5.44. The molecule has 17 heavy (non-hydrogen) atoms. The number of benzene rings is 1. The molecule has 0 heterocycles. The highest BCUT2D eigenvalue weighted by atomic mass is 19.1. The Balaban J connectivity index is 3.08. The van der Waals surface area contributed by atoms with Gasteiger partial charge in [0, 0.05) is 18.3 Å². The Morgan fingerprint density at radius 3 is 2.76 bits per heavy atom. The molecule has 1 rings (SSSR count). The van der Waals surface area contributed by atoms with Crippen LogP contribution in [0.25, 0.3) is 0 Å². The minimum absolute atomic E-state index is 0.000509. The van der Waals surface area contributed by atoms with Crippen LogP contribution in [0, 0.1) is 5.82 Å². The Kier molecular flexibility index (Phi) is 4.26. The number of halogens is 1. The fourth-order valence-corrected chi connectivity index (χ4v) is 1.53. The Hall–Kier alpha value is -1.84. The zero-order chi connectivity index (χ0) is 13.0. The predicted molar refractivity (Wildman–Crippen MR) is 67.2 cm³/mol. The van der Waals surface area contributed by atoms with E-state index in [9.17, 15) is 9.18 Å². The number of nitrogen functional groups attached to an aromatic ring is 1. The van der Waals surface area contributed by atoms with E-state index in [1.165, 1.54) is 23.1 Å². The van der Waals surface area contributed by atoms with E-state index >= 15 is 0 Å². The van der Waals surface area contributed by atoms with Gasteiger partial charge in [-0.05, 0) is 32.0 Å². The summed E-state index contributed by atoms with van der Waals surface area (Å²) in [5.74, 6) is -0.927. The number of hydrogen-bond donors (Lipinski definition) is 1. The van der Waals surface area contributed by atoms with E-state index in [0.29, 0.717) is 12.2 Å². The standard InChI is InChI=1S/C13H17FN2O/c1-4-7-16(9(2)3)13(17)11-8-10(15)5-6-12(11)14/h4-6,8-9H,1,7,15H2,2-3H3. The van der Waals surface area contributed by atoms with Gasteiger partial charge in [0.15, 0.2) is 0 Å². The summed E-state index contributed by atoms with van der Waals surface area (Å²) in [6.45, 7) is 7.70. The Morgan fingerprint density at radius 2 is 2.24 bits per heavy atom. The van der Waals surface area contributed by atoms with E-state index < -0.39 is 5.82 Å². The summed E-state index contributed by atoms with van der Waals surface area (Å²) in [6, 6.07) is 3.96. The molecule has 92 valence electrons. The van der Waals surface area contributed by atoms with Crippen molar-refractivity contribution in [3.05, 3.63) is 42.2 Å². The fraction of sp³-hybridized carbons (Fsp3) is 0.308. The molecule has 1 amide bonds.